The monoisotopic (exact) mass is 238 g/mol. The van der Waals surface area contributed by atoms with E-state index in [1.807, 2.05) is 6.92 Å². The first-order valence-corrected chi connectivity index (χ1v) is 6.90. The van der Waals surface area contributed by atoms with E-state index in [9.17, 15) is 4.79 Å². The molecule has 0 aromatic carbocycles. The van der Waals surface area contributed by atoms with Gasteiger partial charge in [0, 0.05) is 18.0 Å². The van der Waals surface area contributed by atoms with Crippen molar-refractivity contribution in [2.24, 2.45) is 17.3 Å². The highest BCUT2D eigenvalue weighted by Crippen LogP contribution is 2.30. The number of carbonyl (C=O) groups excluding carboxylic acids is 1. The third kappa shape index (κ3) is 3.01. The van der Waals surface area contributed by atoms with Crippen LogP contribution in [0, 0.1) is 17.3 Å². The summed E-state index contributed by atoms with van der Waals surface area (Å²) in [5.41, 5.74) is 0.0516. The standard InChI is InChI=1S/C14H26N2O/c1-9(14(2,3)4)13(17)16-12-6-10-5-11(7-12)15-8-10/h9-12,15H,5-8H2,1-4H3,(H,16,17). The zero-order chi connectivity index (χ0) is 12.6. The highest BCUT2D eigenvalue weighted by molar-refractivity contribution is 5.79. The Balaban J connectivity index is 1.87. The smallest absolute Gasteiger partial charge is 0.223 e. The first-order valence-electron chi connectivity index (χ1n) is 6.90. The fourth-order valence-electron chi connectivity index (χ4n) is 2.94. The van der Waals surface area contributed by atoms with Crippen LogP contribution in [0.25, 0.3) is 0 Å². The molecule has 1 aliphatic carbocycles. The molecule has 2 aliphatic rings. The lowest BCUT2D eigenvalue weighted by atomic mass is 9.80. The number of amides is 1. The number of hydrogen-bond donors (Lipinski definition) is 2. The van der Waals surface area contributed by atoms with Crippen molar-refractivity contribution in [3.63, 3.8) is 0 Å². The Kier molecular flexibility index (Phi) is 3.48. The van der Waals surface area contributed by atoms with Crippen LogP contribution in [0.5, 0.6) is 0 Å². The Morgan fingerprint density at radius 1 is 1.29 bits per heavy atom. The molecule has 0 spiro atoms. The van der Waals surface area contributed by atoms with E-state index in [2.05, 4.69) is 31.4 Å². The number of rotatable bonds is 2. The Bertz CT molecular complexity index is 283. The van der Waals surface area contributed by atoms with Gasteiger partial charge in [-0.15, -0.1) is 0 Å². The molecule has 0 radical (unpaired) electrons. The van der Waals surface area contributed by atoms with E-state index in [1.54, 1.807) is 0 Å². The van der Waals surface area contributed by atoms with Crippen molar-refractivity contribution in [2.45, 2.75) is 59.0 Å². The van der Waals surface area contributed by atoms with E-state index < -0.39 is 0 Å². The van der Waals surface area contributed by atoms with Crippen molar-refractivity contribution in [1.29, 1.82) is 0 Å². The second-order valence-corrected chi connectivity index (χ2v) is 6.97. The molecule has 4 unspecified atom stereocenters. The molecule has 3 heteroatoms. The van der Waals surface area contributed by atoms with Gasteiger partial charge in [0.15, 0.2) is 0 Å². The summed E-state index contributed by atoms with van der Waals surface area (Å²) in [5, 5.41) is 6.78. The van der Waals surface area contributed by atoms with Gasteiger partial charge in [-0.25, -0.2) is 0 Å². The number of fused-ring (bicyclic) bond motifs is 2. The SMILES string of the molecule is CC(C(=O)NC1CC2CNC(C2)C1)C(C)(C)C. The summed E-state index contributed by atoms with van der Waals surface area (Å²) >= 11 is 0. The average Bonchev–Trinajstić information content (AvgIpc) is 2.55. The van der Waals surface area contributed by atoms with Gasteiger partial charge in [-0.2, -0.15) is 0 Å². The van der Waals surface area contributed by atoms with E-state index in [-0.39, 0.29) is 17.2 Å². The van der Waals surface area contributed by atoms with Gasteiger partial charge in [0.1, 0.15) is 0 Å². The van der Waals surface area contributed by atoms with Crippen LogP contribution in [0.1, 0.15) is 47.0 Å². The highest BCUT2D eigenvalue weighted by atomic mass is 16.1. The zero-order valence-electron chi connectivity index (χ0n) is 11.5. The minimum atomic E-state index is 0.0516. The third-order valence-corrected chi connectivity index (χ3v) is 4.54. The van der Waals surface area contributed by atoms with E-state index in [0.29, 0.717) is 12.1 Å². The molecular weight excluding hydrogens is 212 g/mol. The topological polar surface area (TPSA) is 41.1 Å². The van der Waals surface area contributed by atoms with Crippen molar-refractivity contribution in [1.82, 2.24) is 10.6 Å². The predicted molar refractivity (Wildman–Crippen MR) is 69.7 cm³/mol. The van der Waals surface area contributed by atoms with Crippen LogP contribution in [-0.4, -0.2) is 24.5 Å². The second-order valence-electron chi connectivity index (χ2n) is 6.97. The molecule has 4 atom stereocenters. The van der Waals surface area contributed by atoms with Gasteiger partial charge in [0.25, 0.3) is 0 Å². The van der Waals surface area contributed by atoms with E-state index in [0.717, 1.165) is 25.3 Å². The number of nitrogens with one attached hydrogen (secondary N) is 2. The summed E-state index contributed by atoms with van der Waals surface area (Å²) in [7, 11) is 0. The van der Waals surface area contributed by atoms with Crippen molar-refractivity contribution >= 4 is 5.91 Å². The fourth-order valence-corrected chi connectivity index (χ4v) is 2.94. The van der Waals surface area contributed by atoms with Crippen molar-refractivity contribution in [3.8, 4) is 0 Å². The van der Waals surface area contributed by atoms with Crippen LogP contribution in [0.4, 0.5) is 0 Å². The zero-order valence-corrected chi connectivity index (χ0v) is 11.5. The molecule has 2 N–H and O–H groups in total. The predicted octanol–water partition coefficient (Wildman–Crippen LogP) is 1.93. The lowest BCUT2D eigenvalue weighted by Crippen LogP contribution is -2.45. The minimum Gasteiger partial charge on any atom is -0.353 e. The summed E-state index contributed by atoms with van der Waals surface area (Å²) in [5.74, 6) is 1.09. The molecule has 2 bridgehead atoms. The number of carbonyl (C=O) groups is 1. The molecule has 0 aromatic heterocycles. The molecule has 17 heavy (non-hydrogen) atoms. The highest BCUT2D eigenvalue weighted by Gasteiger charge is 2.36. The molecule has 1 saturated heterocycles. The Hall–Kier alpha value is -0.570. The van der Waals surface area contributed by atoms with Crippen LogP contribution in [0.15, 0.2) is 0 Å². The summed E-state index contributed by atoms with van der Waals surface area (Å²) in [6, 6.07) is 1.04. The largest absolute Gasteiger partial charge is 0.353 e. The molecule has 3 nitrogen and oxygen atoms in total. The molecule has 2 rings (SSSR count). The first-order chi connectivity index (χ1) is 7.86. The first kappa shape index (κ1) is 12.9. The van der Waals surface area contributed by atoms with Crippen LogP contribution in [-0.2, 0) is 4.79 Å². The summed E-state index contributed by atoms with van der Waals surface area (Å²) in [4.78, 5) is 12.2. The maximum atomic E-state index is 12.2. The van der Waals surface area contributed by atoms with Crippen LogP contribution in [0.2, 0.25) is 0 Å². The second kappa shape index (κ2) is 4.60. The van der Waals surface area contributed by atoms with Gasteiger partial charge in [-0.3, -0.25) is 4.79 Å². The lowest BCUT2D eigenvalue weighted by Gasteiger charge is -2.32. The molecule has 1 heterocycles. The number of hydrogen-bond acceptors (Lipinski definition) is 2. The summed E-state index contributed by atoms with van der Waals surface area (Å²) < 4.78 is 0. The molecule has 1 saturated carbocycles. The van der Waals surface area contributed by atoms with Gasteiger partial charge in [0.05, 0.1) is 0 Å². The van der Waals surface area contributed by atoms with Crippen molar-refractivity contribution in [3.05, 3.63) is 0 Å². The maximum absolute atomic E-state index is 12.2. The van der Waals surface area contributed by atoms with E-state index in [4.69, 9.17) is 0 Å². The van der Waals surface area contributed by atoms with E-state index in [1.165, 1.54) is 6.42 Å². The molecule has 1 amide bonds. The van der Waals surface area contributed by atoms with Gasteiger partial charge in [-0.05, 0) is 37.1 Å². The third-order valence-electron chi connectivity index (χ3n) is 4.54. The van der Waals surface area contributed by atoms with Crippen molar-refractivity contribution < 1.29 is 4.79 Å². The van der Waals surface area contributed by atoms with Gasteiger partial charge < -0.3 is 10.6 Å². The van der Waals surface area contributed by atoms with Gasteiger partial charge in [0.2, 0.25) is 5.91 Å². The Morgan fingerprint density at radius 3 is 2.59 bits per heavy atom. The van der Waals surface area contributed by atoms with Crippen molar-refractivity contribution in [2.75, 3.05) is 6.54 Å². The Labute approximate surface area is 105 Å². The van der Waals surface area contributed by atoms with Crippen LogP contribution < -0.4 is 10.6 Å². The average molecular weight is 238 g/mol. The van der Waals surface area contributed by atoms with Gasteiger partial charge >= 0.3 is 0 Å². The normalized spacial score (nSPS) is 34.5. The van der Waals surface area contributed by atoms with Crippen LogP contribution >= 0.6 is 0 Å². The summed E-state index contributed by atoms with van der Waals surface area (Å²) in [6.45, 7) is 9.56. The maximum Gasteiger partial charge on any atom is 0.223 e. The van der Waals surface area contributed by atoms with Gasteiger partial charge in [-0.1, -0.05) is 27.7 Å². The minimum absolute atomic E-state index is 0.0516. The molecule has 1 aliphatic heterocycles. The molecule has 98 valence electrons. The fraction of sp³-hybridized carbons (Fsp3) is 0.929. The molecule has 2 fully saturated rings. The molecular formula is C14H26N2O. The summed E-state index contributed by atoms with van der Waals surface area (Å²) in [6.07, 6.45) is 3.58. The lowest BCUT2D eigenvalue weighted by molar-refractivity contribution is -0.128. The quantitative estimate of drug-likeness (QED) is 0.772. The van der Waals surface area contributed by atoms with Crippen LogP contribution in [0.3, 0.4) is 0 Å². The van der Waals surface area contributed by atoms with E-state index >= 15 is 0 Å². The molecule has 0 aromatic rings. The Morgan fingerprint density at radius 2 is 2.00 bits per heavy atom.